The predicted octanol–water partition coefficient (Wildman–Crippen LogP) is 13.4. The number of aromatic nitrogens is 1. The van der Waals surface area contributed by atoms with Gasteiger partial charge in [-0.15, -0.1) is 0 Å². The summed E-state index contributed by atoms with van der Waals surface area (Å²) in [5.74, 6) is 0. The lowest BCUT2D eigenvalue weighted by molar-refractivity contribution is 1.18. The van der Waals surface area contributed by atoms with E-state index in [9.17, 15) is 0 Å². The van der Waals surface area contributed by atoms with Crippen LogP contribution in [-0.4, -0.2) is 4.57 Å². The van der Waals surface area contributed by atoms with E-state index in [0.29, 0.717) is 0 Å². The van der Waals surface area contributed by atoms with E-state index in [1.807, 2.05) is 0 Å². The van der Waals surface area contributed by atoms with E-state index in [2.05, 4.69) is 204 Å². The highest BCUT2D eigenvalue weighted by molar-refractivity contribution is 6.24. The van der Waals surface area contributed by atoms with Crippen LogP contribution in [0.25, 0.3) is 70.9 Å². The Hall–Kier alpha value is -6.64. The van der Waals surface area contributed by atoms with E-state index in [-0.39, 0.29) is 0 Å². The summed E-state index contributed by atoms with van der Waals surface area (Å²) >= 11 is 0. The molecule has 50 heavy (non-hydrogen) atoms. The van der Waals surface area contributed by atoms with Gasteiger partial charge in [0.15, 0.2) is 0 Å². The largest absolute Gasteiger partial charge is 0.310 e. The minimum atomic E-state index is 1.11. The van der Waals surface area contributed by atoms with Crippen LogP contribution < -0.4 is 4.90 Å². The second-order valence-corrected chi connectivity index (χ2v) is 13.0. The van der Waals surface area contributed by atoms with Gasteiger partial charge in [0, 0.05) is 33.2 Å². The molecule has 0 atom stereocenters. The van der Waals surface area contributed by atoms with Crippen molar-refractivity contribution in [2.75, 3.05) is 4.90 Å². The van der Waals surface area contributed by atoms with Crippen molar-refractivity contribution < 1.29 is 0 Å². The van der Waals surface area contributed by atoms with Crippen LogP contribution in [0.3, 0.4) is 0 Å². The van der Waals surface area contributed by atoms with Crippen molar-refractivity contribution in [3.05, 3.63) is 194 Å². The number of hydrogen-bond acceptors (Lipinski definition) is 1. The summed E-state index contributed by atoms with van der Waals surface area (Å²) in [7, 11) is 0. The summed E-state index contributed by atoms with van der Waals surface area (Å²) in [6, 6.07) is 70.5. The zero-order valence-electron chi connectivity index (χ0n) is 27.4. The molecular weight excluding hydrogens is 605 g/mol. The molecule has 0 aliphatic heterocycles. The first-order valence-electron chi connectivity index (χ1n) is 17.2. The van der Waals surface area contributed by atoms with Gasteiger partial charge in [-0.3, -0.25) is 0 Å². The normalized spacial score (nSPS) is 11.6. The van der Waals surface area contributed by atoms with E-state index in [1.54, 1.807) is 0 Å². The quantitative estimate of drug-likeness (QED) is 0.171. The van der Waals surface area contributed by atoms with E-state index in [4.69, 9.17) is 0 Å². The first-order valence-corrected chi connectivity index (χ1v) is 17.2. The average molecular weight is 637 g/mol. The lowest BCUT2D eigenvalue weighted by Gasteiger charge is -2.28. The molecule has 0 fully saturated rings. The van der Waals surface area contributed by atoms with Crippen LogP contribution in [0.2, 0.25) is 0 Å². The van der Waals surface area contributed by atoms with Crippen molar-refractivity contribution in [2.24, 2.45) is 0 Å². The smallest absolute Gasteiger partial charge is 0.0546 e. The highest BCUT2D eigenvalue weighted by Crippen LogP contribution is 2.45. The Balaban J connectivity index is 1.28. The molecule has 1 aromatic heterocycles. The van der Waals surface area contributed by atoms with E-state index >= 15 is 0 Å². The molecule has 0 radical (unpaired) electrons. The SMILES string of the molecule is c1ccc(-c2cccc(N(c3ccc4c(c3)c3ccccc3n4-c3ccccc3)c3cc4ccc5ccccc5c4c4ccccc34)c2)cc1. The molecule has 10 rings (SSSR count). The number of nitrogens with zero attached hydrogens (tertiary/aromatic N) is 2. The van der Waals surface area contributed by atoms with Gasteiger partial charge < -0.3 is 9.47 Å². The Kier molecular flexibility index (Phi) is 6.53. The van der Waals surface area contributed by atoms with Crippen molar-refractivity contribution in [3.63, 3.8) is 0 Å². The number of fused-ring (bicyclic) bond motifs is 8. The number of rotatable bonds is 5. The number of anilines is 3. The zero-order valence-corrected chi connectivity index (χ0v) is 27.4. The molecule has 0 unspecified atom stereocenters. The lowest BCUT2D eigenvalue weighted by atomic mass is 9.94. The second kappa shape index (κ2) is 11.5. The van der Waals surface area contributed by atoms with Crippen LogP contribution in [0, 0.1) is 0 Å². The lowest BCUT2D eigenvalue weighted by Crippen LogP contribution is -2.11. The highest BCUT2D eigenvalue weighted by atomic mass is 15.1. The molecule has 2 nitrogen and oxygen atoms in total. The fraction of sp³-hybridized carbons (Fsp3) is 0. The molecule has 0 aliphatic rings. The molecule has 1 heterocycles. The Morgan fingerprint density at radius 1 is 0.340 bits per heavy atom. The van der Waals surface area contributed by atoms with Crippen molar-refractivity contribution in [3.8, 4) is 16.8 Å². The first-order chi connectivity index (χ1) is 24.8. The fourth-order valence-electron chi connectivity index (χ4n) is 7.88. The Labute approximate surface area is 290 Å². The molecule has 0 saturated heterocycles. The van der Waals surface area contributed by atoms with Gasteiger partial charge in [0.25, 0.3) is 0 Å². The average Bonchev–Trinajstić information content (AvgIpc) is 3.52. The number of benzene rings is 9. The summed E-state index contributed by atoms with van der Waals surface area (Å²) in [5.41, 5.74) is 9.31. The molecule has 9 aromatic carbocycles. The summed E-state index contributed by atoms with van der Waals surface area (Å²) in [6.07, 6.45) is 0. The van der Waals surface area contributed by atoms with Crippen molar-refractivity contribution in [1.82, 2.24) is 4.57 Å². The summed E-state index contributed by atoms with van der Waals surface area (Å²) in [6.45, 7) is 0. The zero-order chi connectivity index (χ0) is 33.0. The molecule has 10 aromatic rings. The monoisotopic (exact) mass is 636 g/mol. The molecule has 0 saturated carbocycles. The Bertz CT molecular complexity index is 2870. The fourth-order valence-corrected chi connectivity index (χ4v) is 7.88. The third kappa shape index (κ3) is 4.50. The maximum atomic E-state index is 2.46. The van der Waals surface area contributed by atoms with Gasteiger partial charge in [-0.1, -0.05) is 140 Å². The summed E-state index contributed by atoms with van der Waals surface area (Å²) in [4.78, 5) is 2.46. The summed E-state index contributed by atoms with van der Waals surface area (Å²) < 4.78 is 2.38. The van der Waals surface area contributed by atoms with Crippen LogP contribution in [0.1, 0.15) is 0 Å². The molecule has 0 aliphatic carbocycles. The Morgan fingerprint density at radius 2 is 0.960 bits per heavy atom. The van der Waals surface area contributed by atoms with Gasteiger partial charge in [0.1, 0.15) is 0 Å². The van der Waals surface area contributed by atoms with Crippen LogP contribution >= 0.6 is 0 Å². The number of hydrogen-bond donors (Lipinski definition) is 0. The van der Waals surface area contributed by atoms with Gasteiger partial charge in [-0.25, -0.2) is 0 Å². The van der Waals surface area contributed by atoms with Crippen LogP contribution in [0.15, 0.2) is 194 Å². The standard InChI is InChI=1S/C48H32N2/c1-3-14-33(15-4-1)35-17-13-20-38(30-35)49(47-31-36-27-26-34-16-7-8-21-40(34)48(36)43-24-10-9-22-41(43)47)39-28-29-46-44(32-39)42-23-11-12-25-45(42)50(46)37-18-5-2-6-19-37/h1-32H. The molecule has 0 amide bonds. The van der Waals surface area contributed by atoms with Gasteiger partial charge in [-0.05, 0) is 92.7 Å². The third-order valence-electron chi connectivity index (χ3n) is 10.1. The van der Waals surface area contributed by atoms with Crippen LogP contribution in [0.5, 0.6) is 0 Å². The van der Waals surface area contributed by atoms with E-state index in [1.165, 1.54) is 65.3 Å². The first kappa shape index (κ1) is 28.4. The van der Waals surface area contributed by atoms with Crippen LogP contribution in [0.4, 0.5) is 17.1 Å². The predicted molar refractivity (Wildman–Crippen MR) is 213 cm³/mol. The molecule has 2 heteroatoms. The number of para-hydroxylation sites is 2. The highest BCUT2D eigenvalue weighted by Gasteiger charge is 2.21. The van der Waals surface area contributed by atoms with Crippen LogP contribution in [-0.2, 0) is 0 Å². The van der Waals surface area contributed by atoms with Crippen molar-refractivity contribution in [2.45, 2.75) is 0 Å². The summed E-state index contributed by atoms with van der Waals surface area (Å²) in [5, 5.41) is 9.98. The third-order valence-corrected chi connectivity index (χ3v) is 10.1. The molecular formula is C48H32N2. The Morgan fingerprint density at radius 3 is 1.80 bits per heavy atom. The maximum Gasteiger partial charge on any atom is 0.0546 e. The second-order valence-electron chi connectivity index (χ2n) is 13.0. The minimum Gasteiger partial charge on any atom is -0.310 e. The van der Waals surface area contributed by atoms with Crippen molar-refractivity contribution >= 4 is 71.2 Å². The van der Waals surface area contributed by atoms with E-state index < -0.39 is 0 Å². The molecule has 234 valence electrons. The van der Waals surface area contributed by atoms with Gasteiger partial charge in [-0.2, -0.15) is 0 Å². The van der Waals surface area contributed by atoms with E-state index in [0.717, 1.165) is 22.7 Å². The van der Waals surface area contributed by atoms with Gasteiger partial charge in [0.05, 0.1) is 16.7 Å². The minimum absolute atomic E-state index is 1.11. The molecule has 0 bridgehead atoms. The topological polar surface area (TPSA) is 8.17 Å². The van der Waals surface area contributed by atoms with Gasteiger partial charge in [0.2, 0.25) is 0 Å². The maximum absolute atomic E-state index is 2.46. The van der Waals surface area contributed by atoms with Gasteiger partial charge >= 0.3 is 0 Å². The molecule has 0 N–H and O–H groups in total. The molecule has 0 spiro atoms. The van der Waals surface area contributed by atoms with Crippen molar-refractivity contribution in [1.29, 1.82) is 0 Å².